The number of allylic oxidation sites excluding steroid dienone is 1. The first-order valence-corrected chi connectivity index (χ1v) is 24.4. The summed E-state index contributed by atoms with van der Waals surface area (Å²) in [5, 5.41) is -0.105. The highest BCUT2D eigenvalue weighted by atomic mass is 35.5. The average molecular weight is 845 g/mol. The van der Waals surface area contributed by atoms with E-state index in [9.17, 15) is 21.6 Å². The predicted molar refractivity (Wildman–Crippen MR) is 223 cm³/mol. The standard InChI is InChI=1S/C42H58ClN5O7S2/c1-29-7-5-16-42(54-3,27-45-17-18-46-19-20-48(56(4,50)51)25-35(46)24-45)37-12-9-33(37)23-47-26-41(15-6-8-31-21-34(43)11-13-36(31)41)28-55-39-14-10-32(22-38(39)47)40(49)44-57(52,53)30(29)2/h5,10-11,13-14,16,21-22,29-30,33,35,37H,6-9,12,15,17-20,23-28H2,1-4H3,(H,44,49)/b16-5+/t29-,30+,33-,35-,37+,41-,42-/m0/s1. The third kappa shape index (κ3) is 8.01. The Morgan fingerprint density at radius 3 is 2.60 bits per heavy atom. The topological polar surface area (TPSA) is 129 Å². The number of halogens is 1. The van der Waals surface area contributed by atoms with Gasteiger partial charge in [0.05, 0.1) is 23.8 Å². The Balaban J connectivity index is 1.17. The van der Waals surface area contributed by atoms with Crippen molar-refractivity contribution in [3.05, 3.63) is 70.3 Å². The fourth-order valence-corrected chi connectivity index (χ4v) is 12.9. The second kappa shape index (κ2) is 15.7. The number of carbonyl (C=O) groups is 1. The molecule has 0 unspecified atom stereocenters. The van der Waals surface area contributed by atoms with Crippen molar-refractivity contribution < 1.29 is 31.1 Å². The smallest absolute Gasteiger partial charge is 0.264 e. The molecule has 312 valence electrons. The first-order valence-electron chi connectivity index (χ1n) is 20.6. The van der Waals surface area contributed by atoms with Crippen molar-refractivity contribution >= 4 is 43.2 Å². The molecule has 57 heavy (non-hydrogen) atoms. The van der Waals surface area contributed by atoms with Gasteiger partial charge in [-0.05, 0) is 105 Å². The number of aryl methyl sites for hydroxylation is 1. The molecular weight excluding hydrogens is 786 g/mol. The van der Waals surface area contributed by atoms with Crippen molar-refractivity contribution in [1.82, 2.24) is 18.8 Å². The lowest BCUT2D eigenvalue weighted by atomic mass is 9.63. The minimum Gasteiger partial charge on any atom is -0.490 e. The number of anilines is 1. The number of sulfonamides is 2. The van der Waals surface area contributed by atoms with Crippen molar-refractivity contribution in [2.45, 2.75) is 74.7 Å². The normalized spacial score (nSPS) is 34.4. The molecule has 0 radical (unpaired) electrons. The molecule has 6 aliphatic rings. The molecule has 3 fully saturated rings. The van der Waals surface area contributed by atoms with Gasteiger partial charge < -0.3 is 14.4 Å². The zero-order valence-corrected chi connectivity index (χ0v) is 36.0. The molecule has 1 amide bonds. The molecular formula is C42H58ClN5O7S2. The van der Waals surface area contributed by atoms with Gasteiger partial charge in [0.25, 0.3) is 5.91 Å². The molecule has 2 aromatic carbocycles. The molecule has 2 aliphatic carbocycles. The average Bonchev–Trinajstić information content (AvgIpc) is 3.31. The van der Waals surface area contributed by atoms with E-state index in [0.29, 0.717) is 51.5 Å². The summed E-state index contributed by atoms with van der Waals surface area (Å²) in [5.41, 5.74) is 2.58. The third-order valence-electron chi connectivity index (χ3n) is 14.3. The second-order valence-corrected chi connectivity index (χ2v) is 22.2. The summed E-state index contributed by atoms with van der Waals surface area (Å²) >= 11 is 6.51. The maximum Gasteiger partial charge on any atom is 0.264 e. The Morgan fingerprint density at radius 1 is 1.04 bits per heavy atom. The Kier molecular flexibility index (Phi) is 11.3. The molecule has 2 saturated heterocycles. The molecule has 1 saturated carbocycles. The van der Waals surface area contributed by atoms with E-state index in [2.05, 4.69) is 43.7 Å². The quantitative estimate of drug-likeness (QED) is 0.439. The first-order chi connectivity index (χ1) is 27.1. The number of nitrogens with zero attached hydrogens (tertiary/aromatic N) is 4. The molecule has 15 heteroatoms. The van der Waals surface area contributed by atoms with Crippen molar-refractivity contribution in [1.29, 1.82) is 0 Å². The summed E-state index contributed by atoms with van der Waals surface area (Å²) in [7, 11) is -5.50. The van der Waals surface area contributed by atoms with Crippen LogP contribution in [0.4, 0.5) is 5.69 Å². The number of hydrogen-bond donors (Lipinski definition) is 1. The summed E-state index contributed by atoms with van der Waals surface area (Å²) in [6.45, 7) is 10.2. The molecule has 12 nitrogen and oxygen atoms in total. The highest BCUT2D eigenvalue weighted by Crippen LogP contribution is 2.49. The van der Waals surface area contributed by atoms with E-state index in [4.69, 9.17) is 21.1 Å². The van der Waals surface area contributed by atoms with Gasteiger partial charge in [-0.2, -0.15) is 4.31 Å². The number of benzene rings is 2. The Bertz CT molecular complexity index is 2120. The van der Waals surface area contributed by atoms with Crippen molar-refractivity contribution in [2.75, 3.05) is 83.8 Å². The van der Waals surface area contributed by atoms with Crippen molar-refractivity contribution in [3.63, 3.8) is 0 Å². The van der Waals surface area contributed by atoms with E-state index in [-0.39, 0.29) is 34.8 Å². The SMILES string of the molecule is CO[C@]1(CN2CCN3CCN(S(C)(=O)=O)C[C@@H]3C2)/C=C/C[C@H](C)[C@@H](C)S(=O)(=O)NC(=O)c2ccc3c(c2)N(C[C@@H]2CC[C@H]21)C[C@@]1(CCCc2cc(Cl)ccc21)CO3. The maximum atomic E-state index is 13.7. The zero-order chi connectivity index (χ0) is 40.3. The van der Waals surface area contributed by atoms with Crippen molar-refractivity contribution in [2.24, 2.45) is 17.8 Å². The van der Waals surface area contributed by atoms with Crippen LogP contribution >= 0.6 is 11.6 Å². The van der Waals surface area contributed by atoms with Gasteiger partial charge in [0.1, 0.15) is 11.4 Å². The summed E-state index contributed by atoms with van der Waals surface area (Å²) in [6, 6.07) is 11.6. The van der Waals surface area contributed by atoms with Crippen LogP contribution in [0.3, 0.4) is 0 Å². The van der Waals surface area contributed by atoms with E-state index in [1.165, 1.54) is 17.4 Å². The third-order valence-corrected chi connectivity index (χ3v) is 17.7. The van der Waals surface area contributed by atoms with Crippen LogP contribution < -0.4 is 14.4 Å². The van der Waals surface area contributed by atoms with Gasteiger partial charge in [0.15, 0.2) is 0 Å². The number of methoxy groups -OCH3 is 1. The Hall–Kier alpha value is -2.72. The van der Waals surface area contributed by atoms with Gasteiger partial charge in [0.2, 0.25) is 20.0 Å². The van der Waals surface area contributed by atoms with Crippen molar-refractivity contribution in [3.8, 4) is 5.75 Å². The van der Waals surface area contributed by atoms with Crippen LogP contribution in [0.2, 0.25) is 5.02 Å². The lowest BCUT2D eigenvalue weighted by Gasteiger charge is -2.53. The minimum absolute atomic E-state index is 0.0945. The molecule has 8 rings (SSSR count). The summed E-state index contributed by atoms with van der Waals surface area (Å²) < 4.78 is 69.8. The predicted octanol–water partition coefficient (Wildman–Crippen LogP) is 4.53. The van der Waals surface area contributed by atoms with E-state index in [1.807, 2.05) is 25.1 Å². The van der Waals surface area contributed by atoms with Gasteiger partial charge in [-0.25, -0.2) is 21.6 Å². The molecule has 2 bridgehead atoms. The van der Waals surface area contributed by atoms with Crippen LogP contribution in [-0.4, -0.2) is 133 Å². The fraction of sp³-hybridized carbons (Fsp3) is 0.643. The maximum absolute atomic E-state index is 13.7. The number of carbonyl (C=O) groups excluding carboxylic acids is 1. The monoisotopic (exact) mass is 843 g/mol. The van der Waals surface area contributed by atoms with E-state index in [1.54, 1.807) is 24.4 Å². The van der Waals surface area contributed by atoms with E-state index >= 15 is 0 Å². The Morgan fingerprint density at radius 2 is 1.84 bits per heavy atom. The van der Waals surface area contributed by atoms with Gasteiger partial charge in [-0.1, -0.05) is 36.7 Å². The molecule has 0 aromatic heterocycles. The second-order valence-electron chi connectivity index (χ2n) is 17.7. The highest BCUT2D eigenvalue weighted by Gasteiger charge is 2.50. The summed E-state index contributed by atoms with van der Waals surface area (Å²) in [5.74, 6) is 0.169. The van der Waals surface area contributed by atoms with Gasteiger partial charge in [0, 0.05) is 88.1 Å². The fourth-order valence-electron chi connectivity index (χ4n) is 10.6. The van der Waals surface area contributed by atoms with Crippen LogP contribution in [-0.2, 0) is 36.6 Å². The molecule has 1 N–H and O–H groups in total. The zero-order valence-electron chi connectivity index (χ0n) is 33.7. The number of hydrogen-bond acceptors (Lipinski definition) is 10. The first kappa shape index (κ1) is 41.0. The van der Waals surface area contributed by atoms with Crippen LogP contribution in [0.25, 0.3) is 0 Å². The largest absolute Gasteiger partial charge is 0.490 e. The van der Waals surface area contributed by atoms with Gasteiger partial charge in [-0.3, -0.25) is 14.6 Å². The van der Waals surface area contributed by atoms with Crippen LogP contribution in [0.1, 0.15) is 67.4 Å². The summed E-state index contributed by atoms with van der Waals surface area (Å²) in [6.07, 6.45) is 11.0. The molecule has 4 heterocycles. The van der Waals surface area contributed by atoms with Gasteiger partial charge in [-0.15, -0.1) is 0 Å². The molecule has 1 spiro atoms. The molecule has 2 aromatic rings. The number of fused-ring (bicyclic) bond motifs is 5. The number of ether oxygens (including phenoxy) is 2. The minimum atomic E-state index is -4.01. The highest BCUT2D eigenvalue weighted by molar-refractivity contribution is 7.90. The van der Waals surface area contributed by atoms with Gasteiger partial charge >= 0.3 is 0 Å². The van der Waals surface area contributed by atoms with Crippen LogP contribution in [0, 0.1) is 17.8 Å². The lowest BCUT2D eigenvalue weighted by Crippen LogP contribution is -2.65. The van der Waals surface area contributed by atoms with E-state index in [0.717, 1.165) is 69.0 Å². The lowest BCUT2D eigenvalue weighted by molar-refractivity contribution is -0.101. The Labute approximate surface area is 344 Å². The summed E-state index contributed by atoms with van der Waals surface area (Å²) in [4.78, 5) is 21.0. The number of piperazine rings is 2. The number of nitrogens with one attached hydrogen (secondary N) is 1. The number of amides is 1. The van der Waals surface area contributed by atoms with Crippen LogP contribution in [0.15, 0.2) is 48.6 Å². The van der Waals surface area contributed by atoms with Crippen LogP contribution in [0.5, 0.6) is 5.75 Å². The molecule has 7 atom stereocenters. The molecule has 4 aliphatic heterocycles. The number of rotatable bonds is 4. The van der Waals surface area contributed by atoms with E-state index < -0.39 is 36.8 Å².